The van der Waals surface area contributed by atoms with Crippen LogP contribution in [0.2, 0.25) is 0 Å². The van der Waals surface area contributed by atoms with Gasteiger partial charge in [0.05, 0.1) is 18.2 Å². The quantitative estimate of drug-likeness (QED) is 0.692. The van der Waals surface area contributed by atoms with Gasteiger partial charge in [-0.3, -0.25) is 4.79 Å². The van der Waals surface area contributed by atoms with Gasteiger partial charge >= 0.3 is 6.18 Å². The fourth-order valence-corrected chi connectivity index (χ4v) is 3.55. The minimum Gasteiger partial charge on any atom is -0.390 e. The fourth-order valence-electron chi connectivity index (χ4n) is 3.55. The summed E-state index contributed by atoms with van der Waals surface area (Å²) in [6.45, 7) is 1.85. The van der Waals surface area contributed by atoms with Crippen LogP contribution in [0.15, 0.2) is 29.1 Å². The Labute approximate surface area is 163 Å². The van der Waals surface area contributed by atoms with Crippen molar-refractivity contribution in [2.45, 2.75) is 44.7 Å². The summed E-state index contributed by atoms with van der Waals surface area (Å²) >= 11 is 0. The second-order valence-corrected chi connectivity index (χ2v) is 7.00. The van der Waals surface area contributed by atoms with Gasteiger partial charge < -0.3 is 14.8 Å². The predicted molar refractivity (Wildman–Crippen MR) is 97.3 cm³/mol. The van der Waals surface area contributed by atoms with Gasteiger partial charge in [0, 0.05) is 6.61 Å². The average Bonchev–Trinajstić information content (AvgIpc) is 3.35. The number of aliphatic hydroxyl groups excluding tert-OH is 1. The van der Waals surface area contributed by atoms with E-state index >= 15 is 0 Å². The van der Waals surface area contributed by atoms with E-state index in [1.807, 2.05) is 0 Å². The Morgan fingerprint density at radius 1 is 1.34 bits per heavy atom. The van der Waals surface area contributed by atoms with Crippen LogP contribution in [0.3, 0.4) is 0 Å². The van der Waals surface area contributed by atoms with Crippen LogP contribution in [0.5, 0.6) is 0 Å². The lowest BCUT2D eigenvalue weighted by molar-refractivity contribution is -0.137. The van der Waals surface area contributed by atoms with Crippen LogP contribution in [0.1, 0.15) is 54.6 Å². The number of rotatable bonds is 4. The largest absolute Gasteiger partial charge is 0.416 e. The van der Waals surface area contributed by atoms with Crippen molar-refractivity contribution in [2.75, 3.05) is 6.61 Å². The maximum absolute atomic E-state index is 12.8. The second kappa shape index (κ2) is 7.27. The molecule has 0 radical (unpaired) electrons. The maximum atomic E-state index is 12.8. The summed E-state index contributed by atoms with van der Waals surface area (Å²) in [4.78, 5) is 19.8. The van der Waals surface area contributed by atoms with Crippen LogP contribution in [-0.4, -0.2) is 31.5 Å². The number of nitrogens with one attached hydrogen (secondary N) is 1. The third-order valence-electron chi connectivity index (χ3n) is 5.12. The lowest BCUT2D eigenvalue weighted by atomic mass is 10.1. The summed E-state index contributed by atoms with van der Waals surface area (Å²) in [6, 6.07) is 4.23. The highest BCUT2D eigenvalue weighted by atomic mass is 19.4. The lowest BCUT2D eigenvalue weighted by Gasteiger charge is -2.15. The normalized spacial score (nSPS) is 18.4. The monoisotopic (exact) mass is 408 g/mol. The first-order chi connectivity index (χ1) is 13.8. The van der Waals surface area contributed by atoms with Crippen LogP contribution < -0.4 is 5.56 Å². The van der Waals surface area contributed by atoms with E-state index in [-0.39, 0.29) is 22.8 Å². The van der Waals surface area contributed by atoms with E-state index in [0.717, 1.165) is 25.0 Å². The van der Waals surface area contributed by atoms with E-state index < -0.39 is 29.9 Å². The topological polar surface area (TPSA) is 93.0 Å². The molecule has 1 aliphatic rings. The van der Waals surface area contributed by atoms with Crippen molar-refractivity contribution in [1.82, 2.24) is 19.7 Å². The number of nitrogens with zero attached hydrogens (tertiary/aromatic N) is 3. The van der Waals surface area contributed by atoms with E-state index in [2.05, 4.69) is 15.1 Å². The standard InChI is InChI=1S/C19H19F3N4O3/c1-10(11-4-6-12(7-5-11)19(20,21)22)26-17-15(13(9-27)25-26)18(28)24-16(23-17)14-3-2-8-29-14/h4-7,10,14,27H,2-3,8-9H2,1H3,(H,23,24,28)/t10-,14+/m1/s1. The zero-order valence-corrected chi connectivity index (χ0v) is 15.5. The predicted octanol–water partition coefficient (Wildman–Crippen LogP) is 3.09. The first-order valence-corrected chi connectivity index (χ1v) is 9.20. The van der Waals surface area contributed by atoms with E-state index in [4.69, 9.17) is 4.74 Å². The van der Waals surface area contributed by atoms with Crippen molar-refractivity contribution in [3.63, 3.8) is 0 Å². The molecule has 0 saturated carbocycles. The molecule has 0 spiro atoms. The molecular formula is C19H19F3N4O3. The van der Waals surface area contributed by atoms with Gasteiger partial charge in [0.15, 0.2) is 5.65 Å². The molecule has 29 heavy (non-hydrogen) atoms. The summed E-state index contributed by atoms with van der Waals surface area (Å²) < 4.78 is 45.5. The molecule has 3 aromatic rings. The number of hydrogen-bond donors (Lipinski definition) is 2. The molecule has 0 aliphatic carbocycles. The number of hydrogen-bond acceptors (Lipinski definition) is 5. The molecule has 7 nitrogen and oxygen atoms in total. The van der Waals surface area contributed by atoms with Crippen LogP contribution in [0.4, 0.5) is 13.2 Å². The first kappa shape index (κ1) is 19.6. The number of benzene rings is 1. The summed E-state index contributed by atoms with van der Waals surface area (Å²) in [5.41, 5.74) is -0.199. The second-order valence-electron chi connectivity index (χ2n) is 7.00. The van der Waals surface area contributed by atoms with Gasteiger partial charge in [-0.25, -0.2) is 9.67 Å². The molecule has 2 atom stereocenters. The summed E-state index contributed by atoms with van der Waals surface area (Å²) in [5, 5.41) is 14.1. The molecule has 0 bridgehead atoms. The SMILES string of the molecule is C[C@H](c1ccc(C(F)(F)F)cc1)n1nc(CO)c2c(=O)[nH]c([C@@H]3CCCO3)nc21. The van der Waals surface area contributed by atoms with Gasteiger partial charge in [-0.15, -0.1) is 0 Å². The Hall–Kier alpha value is -2.72. The molecule has 1 aliphatic heterocycles. The van der Waals surface area contributed by atoms with Gasteiger partial charge in [0.25, 0.3) is 5.56 Å². The van der Waals surface area contributed by atoms with E-state index in [1.54, 1.807) is 6.92 Å². The smallest absolute Gasteiger partial charge is 0.390 e. The van der Waals surface area contributed by atoms with Gasteiger partial charge in [-0.1, -0.05) is 12.1 Å². The number of halogens is 3. The number of aliphatic hydroxyl groups is 1. The van der Waals surface area contributed by atoms with E-state index in [0.29, 0.717) is 18.0 Å². The summed E-state index contributed by atoms with van der Waals surface area (Å²) in [7, 11) is 0. The van der Waals surface area contributed by atoms with Crippen LogP contribution >= 0.6 is 0 Å². The van der Waals surface area contributed by atoms with Crippen molar-refractivity contribution in [1.29, 1.82) is 0 Å². The van der Waals surface area contributed by atoms with E-state index in [1.165, 1.54) is 16.8 Å². The Morgan fingerprint density at radius 2 is 2.07 bits per heavy atom. The highest BCUT2D eigenvalue weighted by Gasteiger charge is 2.30. The van der Waals surface area contributed by atoms with Crippen LogP contribution in [-0.2, 0) is 17.5 Å². The third-order valence-corrected chi connectivity index (χ3v) is 5.12. The Morgan fingerprint density at radius 3 is 2.66 bits per heavy atom. The molecule has 0 amide bonds. The summed E-state index contributed by atoms with van der Waals surface area (Å²) in [5.74, 6) is 0.380. The molecule has 2 N–H and O–H groups in total. The molecule has 4 rings (SSSR count). The lowest BCUT2D eigenvalue weighted by Crippen LogP contribution is -2.17. The number of fused-ring (bicyclic) bond motifs is 1. The molecular weight excluding hydrogens is 389 g/mol. The third kappa shape index (κ3) is 3.53. The Bertz CT molecular complexity index is 1080. The minimum absolute atomic E-state index is 0.159. The van der Waals surface area contributed by atoms with E-state index in [9.17, 15) is 23.1 Å². The van der Waals surface area contributed by atoms with Gasteiger partial charge in [0.1, 0.15) is 23.0 Å². The molecule has 10 heteroatoms. The van der Waals surface area contributed by atoms with Crippen molar-refractivity contribution in [3.8, 4) is 0 Å². The van der Waals surface area contributed by atoms with Crippen LogP contribution in [0, 0.1) is 0 Å². The number of H-pyrrole nitrogens is 1. The molecule has 1 fully saturated rings. The summed E-state index contributed by atoms with van der Waals surface area (Å²) in [6.07, 6.45) is -3.16. The van der Waals surface area contributed by atoms with Crippen molar-refractivity contribution >= 4 is 11.0 Å². The molecule has 3 heterocycles. The zero-order chi connectivity index (χ0) is 20.8. The zero-order valence-electron chi connectivity index (χ0n) is 15.5. The van der Waals surface area contributed by atoms with Crippen molar-refractivity contribution < 1.29 is 23.0 Å². The van der Waals surface area contributed by atoms with Gasteiger partial charge in [-0.2, -0.15) is 18.3 Å². The molecule has 0 unspecified atom stereocenters. The number of aromatic nitrogens is 4. The number of alkyl halides is 3. The highest BCUT2D eigenvalue weighted by Crippen LogP contribution is 2.31. The van der Waals surface area contributed by atoms with Crippen LogP contribution in [0.25, 0.3) is 11.0 Å². The highest BCUT2D eigenvalue weighted by molar-refractivity contribution is 5.77. The Balaban J connectivity index is 1.80. The van der Waals surface area contributed by atoms with Gasteiger partial charge in [-0.05, 0) is 37.5 Å². The van der Waals surface area contributed by atoms with Gasteiger partial charge in [0.2, 0.25) is 0 Å². The Kier molecular flexibility index (Phi) is 4.91. The minimum atomic E-state index is -4.42. The average molecular weight is 408 g/mol. The van der Waals surface area contributed by atoms with Crippen molar-refractivity contribution in [3.05, 3.63) is 57.3 Å². The molecule has 1 saturated heterocycles. The van der Waals surface area contributed by atoms with Crippen molar-refractivity contribution in [2.24, 2.45) is 0 Å². The maximum Gasteiger partial charge on any atom is 0.416 e. The number of ether oxygens (including phenoxy) is 1. The molecule has 154 valence electrons. The molecule has 2 aromatic heterocycles. The fraction of sp³-hybridized carbons (Fsp3) is 0.421. The number of aromatic amines is 1. The first-order valence-electron chi connectivity index (χ1n) is 9.20. The molecule has 1 aromatic carbocycles.